The fourth-order valence-corrected chi connectivity index (χ4v) is 4.97. The number of piperidine rings is 1. The maximum atomic E-state index is 12.4. The Kier molecular flexibility index (Phi) is 5.70. The number of nitrogens with one attached hydrogen (secondary N) is 2. The Bertz CT molecular complexity index is 724. The van der Waals surface area contributed by atoms with E-state index >= 15 is 0 Å². The van der Waals surface area contributed by atoms with Crippen LogP contribution in [0.5, 0.6) is 0 Å². The van der Waals surface area contributed by atoms with E-state index in [2.05, 4.69) is 37.9 Å². The molecule has 0 spiro atoms. The number of thiophene rings is 1. The van der Waals surface area contributed by atoms with Crippen molar-refractivity contribution in [2.24, 2.45) is 0 Å². The van der Waals surface area contributed by atoms with Crippen LogP contribution in [0.4, 0.5) is 0 Å². The van der Waals surface area contributed by atoms with Gasteiger partial charge in [-0.15, -0.1) is 11.3 Å². The average Bonchev–Trinajstić information content (AvgIpc) is 3.30. The first-order valence-electron chi connectivity index (χ1n) is 9.87. The lowest BCUT2D eigenvalue weighted by Gasteiger charge is -2.32. The van der Waals surface area contributed by atoms with E-state index in [-0.39, 0.29) is 11.9 Å². The van der Waals surface area contributed by atoms with Gasteiger partial charge in [-0.05, 0) is 62.1 Å². The van der Waals surface area contributed by atoms with Gasteiger partial charge in [0.05, 0.1) is 5.69 Å². The zero-order valence-electron chi connectivity index (χ0n) is 15.3. The van der Waals surface area contributed by atoms with Gasteiger partial charge in [-0.3, -0.25) is 14.8 Å². The van der Waals surface area contributed by atoms with Gasteiger partial charge in [0.25, 0.3) is 0 Å². The van der Waals surface area contributed by atoms with Crippen molar-refractivity contribution in [2.75, 3.05) is 13.1 Å². The van der Waals surface area contributed by atoms with E-state index in [9.17, 15) is 4.79 Å². The number of carbonyl (C=O) groups is 1. The van der Waals surface area contributed by atoms with E-state index in [1.165, 1.54) is 29.0 Å². The molecule has 0 aromatic carbocycles. The largest absolute Gasteiger partial charge is 0.352 e. The molecule has 3 heterocycles. The third-order valence-corrected chi connectivity index (χ3v) is 6.42. The molecule has 2 aliphatic rings. The van der Waals surface area contributed by atoms with Gasteiger partial charge in [-0.25, -0.2) is 0 Å². The van der Waals surface area contributed by atoms with Crippen molar-refractivity contribution in [3.8, 4) is 0 Å². The van der Waals surface area contributed by atoms with Crippen LogP contribution in [0, 0.1) is 0 Å². The lowest BCUT2D eigenvalue weighted by Crippen LogP contribution is -2.47. The number of aromatic nitrogens is 2. The Balaban J connectivity index is 1.24. The molecule has 0 saturated carbocycles. The van der Waals surface area contributed by atoms with Gasteiger partial charge < -0.3 is 5.32 Å². The molecule has 0 radical (unpaired) electrons. The second-order valence-corrected chi connectivity index (χ2v) is 8.59. The molecule has 1 aliphatic carbocycles. The molecule has 2 N–H and O–H groups in total. The van der Waals surface area contributed by atoms with Gasteiger partial charge in [0, 0.05) is 42.5 Å². The number of rotatable bonds is 6. The van der Waals surface area contributed by atoms with Crippen LogP contribution >= 0.6 is 11.3 Å². The monoisotopic (exact) mass is 372 g/mol. The van der Waals surface area contributed by atoms with Crippen LogP contribution in [0.1, 0.15) is 53.9 Å². The molecule has 2 aromatic heterocycles. The SMILES string of the molecule is O=C(CCc1n[nH]c2c1CCCC2)NC1CCCN(Cc2cccs2)C1. The summed E-state index contributed by atoms with van der Waals surface area (Å²) in [5, 5.41) is 13.0. The molecule has 26 heavy (non-hydrogen) atoms. The molecule has 4 rings (SSSR count). The van der Waals surface area contributed by atoms with E-state index in [1.807, 2.05) is 11.3 Å². The minimum absolute atomic E-state index is 0.167. The Morgan fingerprint density at radius 3 is 3.15 bits per heavy atom. The van der Waals surface area contributed by atoms with Gasteiger partial charge in [0.15, 0.2) is 0 Å². The molecule has 1 unspecified atom stereocenters. The number of aryl methyl sites for hydroxylation is 2. The van der Waals surface area contributed by atoms with Gasteiger partial charge in [0.1, 0.15) is 0 Å². The van der Waals surface area contributed by atoms with Crippen LogP contribution in [0.25, 0.3) is 0 Å². The molecule has 1 fully saturated rings. The zero-order valence-corrected chi connectivity index (χ0v) is 16.1. The number of amides is 1. The highest BCUT2D eigenvalue weighted by Gasteiger charge is 2.22. The third-order valence-electron chi connectivity index (χ3n) is 5.56. The molecule has 1 saturated heterocycles. The highest BCUT2D eigenvalue weighted by Crippen LogP contribution is 2.23. The van der Waals surface area contributed by atoms with Crippen molar-refractivity contribution in [1.29, 1.82) is 0 Å². The minimum atomic E-state index is 0.167. The Hall–Kier alpha value is -1.66. The maximum Gasteiger partial charge on any atom is 0.220 e. The number of likely N-dealkylation sites (tertiary alicyclic amines) is 1. The first-order valence-corrected chi connectivity index (χ1v) is 10.7. The van der Waals surface area contributed by atoms with E-state index in [1.54, 1.807) is 0 Å². The molecule has 1 amide bonds. The standard InChI is InChI=1S/C20H28N4OS/c25-20(10-9-19-17-7-1-2-8-18(17)22-23-19)21-15-5-3-11-24(13-15)14-16-6-4-12-26-16/h4,6,12,15H,1-3,5,7-11,13-14H2,(H,21,25)(H,22,23). The van der Waals surface area contributed by atoms with Crippen molar-refractivity contribution in [1.82, 2.24) is 20.4 Å². The summed E-state index contributed by atoms with van der Waals surface area (Å²) >= 11 is 1.81. The smallest absolute Gasteiger partial charge is 0.220 e. The minimum Gasteiger partial charge on any atom is -0.352 e. The van der Waals surface area contributed by atoms with Crippen LogP contribution in [-0.4, -0.2) is 40.1 Å². The van der Waals surface area contributed by atoms with Crippen LogP contribution in [0.3, 0.4) is 0 Å². The topological polar surface area (TPSA) is 61.0 Å². The molecule has 5 nitrogen and oxygen atoms in total. The number of hydrogen-bond donors (Lipinski definition) is 2. The number of nitrogens with zero attached hydrogens (tertiary/aromatic N) is 2. The predicted molar refractivity (Wildman–Crippen MR) is 104 cm³/mol. The molecular weight excluding hydrogens is 344 g/mol. The van der Waals surface area contributed by atoms with E-state index in [4.69, 9.17) is 0 Å². The first-order chi connectivity index (χ1) is 12.8. The summed E-state index contributed by atoms with van der Waals surface area (Å²) in [5.41, 5.74) is 3.78. The van der Waals surface area contributed by atoms with Crippen LogP contribution in [0.2, 0.25) is 0 Å². The average molecular weight is 373 g/mol. The fraction of sp³-hybridized carbons (Fsp3) is 0.600. The number of H-pyrrole nitrogens is 1. The highest BCUT2D eigenvalue weighted by atomic mass is 32.1. The first kappa shape index (κ1) is 17.7. The second kappa shape index (κ2) is 8.35. The zero-order chi connectivity index (χ0) is 17.8. The maximum absolute atomic E-state index is 12.4. The number of aromatic amines is 1. The highest BCUT2D eigenvalue weighted by molar-refractivity contribution is 7.09. The van der Waals surface area contributed by atoms with Crippen LogP contribution in [0.15, 0.2) is 17.5 Å². The van der Waals surface area contributed by atoms with Crippen molar-refractivity contribution in [3.05, 3.63) is 39.3 Å². The molecule has 1 aliphatic heterocycles. The van der Waals surface area contributed by atoms with Crippen molar-refractivity contribution in [3.63, 3.8) is 0 Å². The quantitative estimate of drug-likeness (QED) is 0.819. The summed E-state index contributed by atoms with van der Waals surface area (Å²) in [6, 6.07) is 4.58. The summed E-state index contributed by atoms with van der Waals surface area (Å²) in [6.07, 6.45) is 8.25. The Morgan fingerprint density at radius 1 is 1.35 bits per heavy atom. The van der Waals surface area contributed by atoms with E-state index in [0.29, 0.717) is 6.42 Å². The van der Waals surface area contributed by atoms with Crippen LogP contribution < -0.4 is 5.32 Å². The molecule has 2 aromatic rings. The summed E-state index contributed by atoms with van der Waals surface area (Å²) in [7, 11) is 0. The second-order valence-electron chi connectivity index (χ2n) is 7.56. The molecule has 6 heteroatoms. The van der Waals surface area contributed by atoms with Gasteiger partial charge in [-0.2, -0.15) is 5.10 Å². The van der Waals surface area contributed by atoms with E-state index < -0.39 is 0 Å². The van der Waals surface area contributed by atoms with Gasteiger partial charge in [-0.1, -0.05) is 6.07 Å². The summed E-state index contributed by atoms with van der Waals surface area (Å²) in [6.45, 7) is 3.09. The number of hydrogen-bond acceptors (Lipinski definition) is 4. The molecule has 1 atom stereocenters. The number of fused-ring (bicyclic) bond motifs is 1. The lowest BCUT2D eigenvalue weighted by molar-refractivity contribution is -0.122. The van der Waals surface area contributed by atoms with Crippen LogP contribution in [-0.2, 0) is 30.6 Å². The molecule has 140 valence electrons. The lowest BCUT2D eigenvalue weighted by atomic mass is 9.94. The van der Waals surface area contributed by atoms with Gasteiger partial charge >= 0.3 is 0 Å². The van der Waals surface area contributed by atoms with Gasteiger partial charge in [0.2, 0.25) is 5.91 Å². The van der Waals surface area contributed by atoms with E-state index in [0.717, 1.165) is 57.4 Å². The van der Waals surface area contributed by atoms with Crippen molar-refractivity contribution in [2.45, 2.75) is 64.0 Å². The summed E-state index contributed by atoms with van der Waals surface area (Å²) in [5.74, 6) is 0.167. The van der Waals surface area contributed by atoms with Crippen molar-refractivity contribution < 1.29 is 4.79 Å². The fourth-order valence-electron chi connectivity index (χ4n) is 4.23. The Morgan fingerprint density at radius 2 is 2.27 bits per heavy atom. The predicted octanol–water partition coefficient (Wildman–Crippen LogP) is 3.06. The molecular formula is C20H28N4OS. The summed E-state index contributed by atoms with van der Waals surface area (Å²) in [4.78, 5) is 16.3. The van der Waals surface area contributed by atoms with Crippen molar-refractivity contribution >= 4 is 17.2 Å². The summed E-state index contributed by atoms with van der Waals surface area (Å²) < 4.78 is 0. The molecule has 0 bridgehead atoms. The third kappa shape index (κ3) is 4.35. The normalized spacial score (nSPS) is 20.7. The number of carbonyl (C=O) groups excluding carboxylic acids is 1. The Labute approximate surface area is 159 Å².